The maximum atomic E-state index is 13.4. The molecule has 0 radical (unpaired) electrons. The Hall–Kier alpha value is -1.13. The highest BCUT2D eigenvalue weighted by Crippen LogP contribution is 2.37. The van der Waals surface area contributed by atoms with Crippen LogP contribution in [0, 0.1) is 5.82 Å². The van der Waals surface area contributed by atoms with E-state index in [9.17, 15) is 4.39 Å². The summed E-state index contributed by atoms with van der Waals surface area (Å²) >= 11 is 0. The molecule has 1 aromatic rings. The normalized spacial score (nSPS) is 19.0. The second-order valence-electron chi connectivity index (χ2n) is 4.29. The number of benzene rings is 1. The Balaban J connectivity index is 2.44. The van der Waals surface area contributed by atoms with Crippen LogP contribution in [0.2, 0.25) is 0 Å². The lowest BCUT2D eigenvalue weighted by Gasteiger charge is -2.38. The molecule has 94 valence electrons. The zero-order chi connectivity index (χ0) is 12.3. The summed E-state index contributed by atoms with van der Waals surface area (Å²) < 4.78 is 24.1. The number of halogens is 1. The van der Waals surface area contributed by atoms with Gasteiger partial charge in [0.05, 0.1) is 12.6 Å². The molecule has 3 nitrogen and oxygen atoms in total. The molecule has 1 saturated heterocycles. The van der Waals surface area contributed by atoms with Crippen molar-refractivity contribution in [3.8, 4) is 5.75 Å². The molecule has 1 aliphatic heterocycles. The largest absolute Gasteiger partial charge is 0.496 e. The van der Waals surface area contributed by atoms with Crippen molar-refractivity contribution < 1.29 is 13.9 Å². The molecular formula is C13H18FNO2. The van der Waals surface area contributed by atoms with Crippen LogP contribution in [0.5, 0.6) is 5.75 Å². The second kappa shape index (κ2) is 5.02. The van der Waals surface area contributed by atoms with Crippen LogP contribution >= 0.6 is 0 Å². The van der Waals surface area contributed by atoms with Crippen molar-refractivity contribution in [2.24, 2.45) is 0 Å². The van der Waals surface area contributed by atoms with Crippen molar-refractivity contribution >= 4 is 0 Å². The van der Waals surface area contributed by atoms with E-state index in [2.05, 4.69) is 5.32 Å². The minimum Gasteiger partial charge on any atom is -0.496 e. The predicted molar refractivity (Wildman–Crippen MR) is 63.7 cm³/mol. The summed E-state index contributed by atoms with van der Waals surface area (Å²) in [6.07, 6.45) is 1.65. The lowest BCUT2D eigenvalue weighted by Crippen LogP contribution is -2.45. The molecule has 17 heavy (non-hydrogen) atoms. The maximum Gasteiger partial charge on any atom is 0.124 e. The smallest absolute Gasteiger partial charge is 0.124 e. The molecule has 1 aliphatic rings. The number of ether oxygens (including phenoxy) is 2. The van der Waals surface area contributed by atoms with Gasteiger partial charge in [0.25, 0.3) is 0 Å². The number of hydrogen-bond acceptors (Lipinski definition) is 3. The summed E-state index contributed by atoms with van der Waals surface area (Å²) in [6.45, 7) is 1.36. The molecule has 0 aliphatic carbocycles. The molecule has 1 aromatic carbocycles. The molecule has 0 amide bonds. The Kier molecular flexibility index (Phi) is 3.64. The van der Waals surface area contributed by atoms with E-state index in [-0.39, 0.29) is 11.4 Å². The number of nitrogens with one attached hydrogen (secondary N) is 1. The topological polar surface area (TPSA) is 30.5 Å². The third kappa shape index (κ3) is 2.28. The zero-order valence-corrected chi connectivity index (χ0v) is 10.3. The summed E-state index contributed by atoms with van der Waals surface area (Å²) in [7, 11) is 3.51. The fourth-order valence-electron chi connectivity index (χ4n) is 2.43. The first-order valence-electron chi connectivity index (χ1n) is 5.82. The summed E-state index contributed by atoms with van der Waals surface area (Å²) in [5, 5.41) is 3.31. The SMILES string of the molecule is CNC1(c2cc(F)ccc2OC)CCOCC1. The molecule has 1 N–H and O–H groups in total. The van der Waals surface area contributed by atoms with Gasteiger partial charge in [-0.1, -0.05) is 0 Å². The van der Waals surface area contributed by atoms with Gasteiger partial charge < -0.3 is 14.8 Å². The van der Waals surface area contributed by atoms with Gasteiger partial charge in [-0.15, -0.1) is 0 Å². The maximum absolute atomic E-state index is 13.4. The van der Waals surface area contributed by atoms with Gasteiger partial charge in [0.2, 0.25) is 0 Å². The van der Waals surface area contributed by atoms with E-state index < -0.39 is 0 Å². The molecule has 0 bridgehead atoms. The average molecular weight is 239 g/mol. The van der Waals surface area contributed by atoms with Gasteiger partial charge in [0.15, 0.2) is 0 Å². The third-order valence-corrected chi connectivity index (χ3v) is 3.50. The first-order chi connectivity index (χ1) is 8.22. The van der Waals surface area contributed by atoms with Gasteiger partial charge in [-0.25, -0.2) is 4.39 Å². The van der Waals surface area contributed by atoms with Crippen molar-refractivity contribution in [3.63, 3.8) is 0 Å². The van der Waals surface area contributed by atoms with Crippen LogP contribution in [0.1, 0.15) is 18.4 Å². The van der Waals surface area contributed by atoms with Gasteiger partial charge in [-0.05, 0) is 38.1 Å². The highest BCUT2D eigenvalue weighted by atomic mass is 19.1. The Labute approximate surface area is 101 Å². The van der Waals surface area contributed by atoms with E-state index in [1.807, 2.05) is 7.05 Å². The molecule has 0 saturated carbocycles. The standard InChI is InChI=1S/C13H18FNO2/c1-15-13(5-7-17-8-6-13)11-9-10(14)3-4-12(11)16-2/h3-4,9,15H,5-8H2,1-2H3. The molecule has 0 aromatic heterocycles. The van der Waals surface area contributed by atoms with E-state index in [1.165, 1.54) is 6.07 Å². The monoisotopic (exact) mass is 239 g/mol. The van der Waals surface area contributed by atoms with E-state index in [1.54, 1.807) is 19.2 Å². The van der Waals surface area contributed by atoms with E-state index >= 15 is 0 Å². The van der Waals surface area contributed by atoms with Crippen molar-refractivity contribution in [3.05, 3.63) is 29.6 Å². The number of hydrogen-bond donors (Lipinski definition) is 1. The van der Waals surface area contributed by atoms with Gasteiger partial charge in [0.1, 0.15) is 11.6 Å². The van der Waals surface area contributed by atoms with Gasteiger partial charge in [0, 0.05) is 18.8 Å². The first-order valence-corrected chi connectivity index (χ1v) is 5.82. The lowest BCUT2D eigenvalue weighted by molar-refractivity contribution is 0.0388. The summed E-state index contributed by atoms with van der Waals surface area (Å²) in [5.74, 6) is 0.490. The van der Waals surface area contributed by atoms with Crippen LogP contribution in [0.25, 0.3) is 0 Å². The van der Waals surface area contributed by atoms with E-state index in [0.29, 0.717) is 13.2 Å². The van der Waals surface area contributed by atoms with Gasteiger partial charge in [-0.2, -0.15) is 0 Å². The van der Waals surface area contributed by atoms with Crippen molar-refractivity contribution in [1.29, 1.82) is 0 Å². The minimum absolute atomic E-state index is 0.234. The molecule has 4 heteroatoms. The van der Waals surface area contributed by atoms with Crippen molar-refractivity contribution in [1.82, 2.24) is 5.32 Å². The molecule has 0 spiro atoms. The quantitative estimate of drug-likeness (QED) is 0.875. The highest BCUT2D eigenvalue weighted by Gasteiger charge is 2.35. The highest BCUT2D eigenvalue weighted by molar-refractivity contribution is 5.40. The summed E-state index contributed by atoms with van der Waals surface area (Å²) in [4.78, 5) is 0. The first kappa shape index (κ1) is 12.3. The van der Waals surface area contributed by atoms with Crippen LogP contribution in [0.4, 0.5) is 4.39 Å². The molecule has 2 rings (SSSR count). The predicted octanol–water partition coefficient (Wildman–Crippen LogP) is 2.06. The van der Waals surface area contributed by atoms with Crippen LogP contribution < -0.4 is 10.1 Å². The average Bonchev–Trinajstić information content (AvgIpc) is 2.39. The molecule has 0 atom stereocenters. The van der Waals surface area contributed by atoms with Gasteiger partial charge >= 0.3 is 0 Å². The Morgan fingerprint density at radius 1 is 1.35 bits per heavy atom. The summed E-state index contributed by atoms with van der Waals surface area (Å²) in [5.41, 5.74) is 0.636. The van der Waals surface area contributed by atoms with Gasteiger partial charge in [-0.3, -0.25) is 0 Å². The van der Waals surface area contributed by atoms with E-state index in [4.69, 9.17) is 9.47 Å². The number of rotatable bonds is 3. The Morgan fingerprint density at radius 3 is 2.65 bits per heavy atom. The molecule has 0 unspecified atom stereocenters. The van der Waals surface area contributed by atoms with Crippen molar-refractivity contribution in [2.75, 3.05) is 27.4 Å². The van der Waals surface area contributed by atoms with E-state index in [0.717, 1.165) is 24.2 Å². The van der Waals surface area contributed by atoms with Crippen LogP contribution in [0.3, 0.4) is 0 Å². The fraction of sp³-hybridized carbons (Fsp3) is 0.538. The summed E-state index contributed by atoms with van der Waals surface area (Å²) in [6, 6.07) is 4.66. The third-order valence-electron chi connectivity index (χ3n) is 3.50. The zero-order valence-electron chi connectivity index (χ0n) is 10.3. The minimum atomic E-state index is -0.244. The fourth-order valence-corrected chi connectivity index (χ4v) is 2.43. The Bertz CT molecular complexity index is 389. The van der Waals surface area contributed by atoms with Crippen LogP contribution in [-0.4, -0.2) is 27.4 Å². The lowest BCUT2D eigenvalue weighted by atomic mass is 9.82. The second-order valence-corrected chi connectivity index (χ2v) is 4.29. The molecular weight excluding hydrogens is 221 g/mol. The molecule has 1 heterocycles. The van der Waals surface area contributed by atoms with Crippen LogP contribution in [-0.2, 0) is 10.3 Å². The van der Waals surface area contributed by atoms with Crippen molar-refractivity contribution in [2.45, 2.75) is 18.4 Å². The number of methoxy groups -OCH3 is 1. The van der Waals surface area contributed by atoms with Crippen LogP contribution in [0.15, 0.2) is 18.2 Å². The Morgan fingerprint density at radius 2 is 2.06 bits per heavy atom. The molecule has 1 fully saturated rings.